The Labute approximate surface area is 115 Å². The number of benzene rings is 1. The van der Waals surface area contributed by atoms with Crippen LogP contribution in [0.1, 0.15) is 11.6 Å². The van der Waals surface area contributed by atoms with Crippen molar-refractivity contribution in [1.82, 2.24) is 0 Å². The molecule has 0 spiro atoms. The monoisotopic (exact) mass is 371 g/mol. The van der Waals surface area contributed by atoms with E-state index in [0.717, 1.165) is 6.07 Å². The van der Waals surface area contributed by atoms with Crippen molar-refractivity contribution in [2.24, 2.45) is 11.7 Å². The maximum atomic E-state index is 13.5. The normalized spacial score (nSPS) is 14.8. The second-order valence-electron chi connectivity index (χ2n) is 3.84. The van der Waals surface area contributed by atoms with E-state index in [4.69, 9.17) is 5.73 Å². The average Bonchev–Trinajstić information content (AvgIpc) is 2.19. The summed E-state index contributed by atoms with van der Waals surface area (Å²) in [4.78, 5) is 0. The predicted octanol–water partition coefficient (Wildman–Crippen LogP) is 4.47. The van der Waals surface area contributed by atoms with Crippen molar-refractivity contribution >= 4 is 15.9 Å². The molecule has 0 amide bonds. The molecule has 0 fully saturated rings. The van der Waals surface area contributed by atoms with Crippen LogP contribution in [0.2, 0.25) is 0 Å². The highest BCUT2D eigenvalue weighted by Gasteiger charge is 2.60. The fourth-order valence-corrected chi connectivity index (χ4v) is 1.95. The molecular formula is C10H6BrF8N. The molecule has 0 aromatic heterocycles. The number of rotatable bonds is 2. The zero-order chi connectivity index (χ0) is 15.9. The van der Waals surface area contributed by atoms with E-state index in [9.17, 15) is 35.1 Å². The Balaban J connectivity index is 3.42. The summed E-state index contributed by atoms with van der Waals surface area (Å²) in [5.41, 5.74) is 3.37. The SMILES string of the molecule is NC(c1c(F)ccc(Br)c1F)C(C(F)(F)F)C(F)(F)F. The molecule has 0 bridgehead atoms. The summed E-state index contributed by atoms with van der Waals surface area (Å²) in [5.74, 6) is -7.26. The summed E-state index contributed by atoms with van der Waals surface area (Å²) in [6, 6.07) is -1.63. The molecule has 1 aromatic rings. The predicted molar refractivity (Wildman–Crippen MR) is 56.6 cm³/mol. The van der Waals surface area contributed by atoms with Gasteiger partial charge in [0.05, 0.1) is 10.5 Å². The lowest BCUT2D eigenvalue weighted by Gasteiger charge is -2.28. The first-order chi connectivity index (χ1) is 8.87. The Morgan fingerprint density at radius 3 is 1.80 bits per heavy atom. The highest BCUT2D eigenvalue weighted by atomic mass is 79.9. The molecule has 0 aliphatic rings. The van der Waals surface area contributed by atoms with Crippen molar-refractivity contribution in [3.05, 3.63) is 33.8 Å². The van der Waals surface area contributed by atoms with Crippen molar-refractivity contribution in [2.75, 3.05) is 0 Å². The van der Waals surface area contributed by atoms with E-state index in [1.54, 1.807) is 0 Å². The van der Waals surface area contributed by atoms with Crippen molar-refractivity contribution < 1.29 is 35.1 Å². The number of hydrogen-bond acceptors (Lipinski definition) is 1. The van der Waals surface area contributed by atoms with Gasteiger partial charge in [-0.15, -0.1) is 0 Å². The summed E-state index contributed by atoms with van der Waals surface area (Å²) in [7, 11) is 0. The van der Waals surface area contributed by atoms with Gasteiger partial charge in [0.2, 0.25) is 0 Å². The second kappa shape index (κ2) is 5.47. The van der Waals surface area contributed by atoms with E-state index in [-0.39, 0.29) is 0 Å². The first-order valence-electron chi connectivity index (χ1n) is 4.89. The quantitative estimate of drug-likeness (QED) is 0.602. The average molecular weight is 372 g/mol. The lowest BCUT2D eigenvalue weighted by molar-refractivity contribution is -0.290. The molecule has 114 valence electrons. The van der Waals surface area contributed by atoms with Gasteiger partial charge in [-0.05, 0) is 28.1 Å². The maximum Gasteiger partial charge on any atom is 0.402 e. The smallest absolute Gasteiger partial charge is 0.323 e. The Hall–Kier alpha value is -0.900. The van der Waals surface area contributed by atoms with E-state index in [1.165, 1.54) is 0 Å². The van der Waals surface area contributed by atoms with Crippen LogP contribution in [0.15, 0.2) is 16.6 Å². The van der Waals surface area contributed by atoms with Gasteiger partial charge in [0.1, 0.15) is 11.6 Å². The van der Waals surface area contributed by atoms with Gasteiger partial charge < -0.3 is 5.73 Å². The third-order valence-corrected chi connectivity index (χ3v) is 3.09. The number of nitrogens with two attached hydrogens (primary N) is 1. The highest BCUT2D eigenvalue weighted by Crippen LogP contribution is 2.46. The molecule has 0 heterocycles. The van der Waals surface area contributed by atoms with Gasteiger partial charge >= 0.3 is 12.4 Å². The van der Waals surface area contributed by atoms with Crippen LogP contribution in [0, 0.1) is 17.6 Å². The Morgan fingerprint density at radius 1 is 0.950 bits per heavy atom. The molecule has 0 aliphatic heterocycles. The van der Waals surface area contributed by atoms with Gasteiger partial charge in [-0.3, -0.25) is 0 Å². The second-order valence-corrected chi connectivity index (χ2v) is 4.70. The van der Waals surface area contributed by atoms with Crippen molar-refractivity contribution in [3.8, 4) is 0 Å². The number of alkyl halides is 6. The van der Waals surface area contributed by atoms with Crippen molar-refractivity contribution in [2.45, 2.75) is 18.4 Å². The van der Waals surface area contributed by atoms with E-state index in [0.29, 0.717) is 6.07 Å². The molecule has 0 saturated heterocycles. The van der Waals surface area contributed by atoms with Gasteiger partial charge in [-0.25, -0.2) is 8.78 Å². The third kappa shape index (κ3) is 3.40. The van der Waals surface area contributed by atoms with Gasteiger partial charge in [0.25, 0.3) is 0 Å². The number of halogens is 9. The lowest BCUT2D eigenvalue weighted by atomic mass is 9.92. The van der Waals surface area contributed by atoms with Crippen LogP contribution in [-0.4, -0.2) is 12.4 Å². The van der Waals surface area contributed by atoms with Crippen LogP contribution in [0.5, 0.6) is 0 Å². The molecule has 1 aromatic carbocycles. The summed E-state index contributed by atoms with van der Waals surface area (Å²) in [5, 5.41) is 0. The fraction of sp³-hybridized carbons (Fsp3) is 0.400. The molecule has 0 saturated carbocycles. The topological polar surface area (TPSA) is 26.0 Å². The molecule has 20 heavy (non-hydrogen) atoms. The highest BCUT2D eigenvalue weighted by molar-refractivity contribution is 9.10. The van der Waals surface area contributed by atoms with E-state index in [2.05, 4.69) is 15.9 Å². The van der Waals surface area contributed by atoms with Crippen LogP contribution in [0.4, 0.5) is 35.1 Å². The fourth-order valence-electron chi connectivity index (χ4n) is 1.61. The zero-order valence-corrected chi connectivity index (χ0v) is 10.9. The summed E-state index contributed by atoms with van der Waals surface area (Å²) in [6.45, 7) is 0. The van der Waals surface area contributed by atoms with Gasteiger partial charge in [-0.1, -0.05) is 0 Å². The lowest BCUT2D eigenvalue weighted by Crippen LogP contribution is -2.44. The summed E-state index contributed by atoms with van der Waals surface area (Å²) >= 11 is 2.54. The minimum absolute atomic E-state index is 0.493. The molecule has 1 unspecified atom stereocenters. The molecule has 0 radical (unpaired) electrons. The molecule has 0 aliphatic carbocycles. The zero-order valence-electron chi connectivity index (χ0n) is 9.29. The molecule has 1 atom stereocenters. The van der Waals surface area contributed by atoms with Crippen LogP contribution in [0.3, 0.4) is 0 Å². The summed E-state index contributed by atoms with van der Waals surface area (Å²) < 4.78 is 101. The van der Waals surface area contributed by atoms with Crippen molar-refractivity contribution in [1.29, 1.82) is 0 Å². The first-order valence-corrected chi connectivity index (χ1v) is 5.69. The summed E-state index contributed by atoms with van der Waals surface area (Å²) in [6.07, 6.45) is -11.6. The Morgan fingerprint density at radius 2 is 1.40 bits per heavy atom. The van der Waals surface area contributed by atoms with Gasteiger partial charge in [0.15, 0.2) is 5.92 Å². The van der Waals surface area contributed by atoms with E-state index < -0.39 is 46.0 Å². The molecular weight excluding hydrogens is 366 g/mol. The van der Waals surface area contributed by atoms with Crippen LogP contribution in [0.25, 0.3) is 0 Å². The molecule has 2 N–H and O–H groups in total. The minimum atomic E-state index is -5.79. The van der Waals surface area contributed by atoms with E-state index in [1.807, 2.05) is 0 Å². The van der Waals surface area contributed by atoms with E-state index >= 15 is 0 Å². The molecule has 10 heteroatoms. The third-order valence-electron chi connectivity index (χ3n) is 2.48. The van der Waals surface area contributed by atoms with Crippen LogP contribution in [-0.2, 0) is 0 Å². The number of hydrogen-bond donors (Lipinski definition) is 1. The largest absolute Gasteiger partial charge is 0.402 e. The van der Waals surface area contributed by atoms with Crippen LogP contribution >= 0.6 is 15.9 Å². The molecule has 1 rings (SSSR count). The maximum absolute atomic E-state index is 13.5. The first kappa shape index (κ1) is 17.2. The van der Waals surface area contributed by atoms with Crippen molar-refractivity contribution in [3.63, 3.8) is 0 Å². The van der Waals surface area contributed by atoms with Crippen LogP contribution < -0.4 is 5.73 Å². The standard InChI is InChI=1S/C10H6BrF8N/c11-3-1-2-4(12)5(6(3)13)7(20)8(9(14,15)16)10(17,18)19/h1-2,7-8H,20H2. The molecule has 1 nitrogen and oxygen atoms in total. The Bertz CT molecular complexity index is 481. The Kier molecular flexibility index (Phi) is 4.69. The minimum Gasteiger partial charge on any atom is -0.323 e. The van der Waals surface area contributed by atoms with Gasteiger partial charge in [0, 0.05) is 5.56 Å². The van der Waals surface area contributed by atoms with Gasteiger partial charge in [-0.2, -0.15) is 26.3 Å².